The first kappa shape index (κ1) is 11.7. The van der Waals surface area contributed by atoms with E-state index in [1.165, 1.54) is 5.39 Å². The van der Waals surface area contributed by atoms with Gasteiger partial charge in [0.05, 0.1) is 0 Å². The van der Waals surface area contributed by atoms with Crippen LogP contribution in [0.15, 0.2) is 46.0 Å². The number of oxime groups is 1. The van der Waals surface area contributed by atoms with Crippen LogP contribution in [0.3, 0.4) is 0 Å². The SMILES string of the molecule is O=S1NC(Cc2ccc3c(Br)cccc3c2)=NO1. The Bertz CT molecular complexity index is 672. The Morgan fingerprint density at radius 1 is 1.33 bits per heavy atom. The standard InChI is InChI=1S/C12H9BrN2O2S/c13-11-3-1-2-9-6-8(4-5-10(9)11)7-12-14-17-18(16)15-12/h1-6H,7H2,(H,14,15). The summed E-state index contributed by atoms with van der Waals surface area (Å²) in [5.74, 6) is 0.586. The molecular weight excluding hydrogens is 316 g/mol. The molecular formula is C12H9BrN2O2S. The molecule has 3 rings (SSSR count). The molecule has 1 N–H and O–H groups in total. The van der Waals surface area contributed by atoms with Gasteiger partial charge in [0.1, 0.15) is 0 Å². The Kier molecular flexibility index (Phi) is 3.05. The minimum atomic E-state index is -1.52. The minimum Gasteiger partial charge on any atom is -0.269 e. The highest BCUT2D eigenvalue weighted by Crippen LogP contribution is 2.24. The van der Waals surface area contributed by atoms with E-state index in [9.17, 15) is 4.21 Å². The van der Waals surface area contributed by atoms with Gasteiger partial charge in [-0.2, -0.15) is 4.21 Å². The van der Waals surface area contributed by atoms with E-state index in [2.05, 4.69) is 48.3 Å². The fourth-order valence-corrected chi connectivity index (χ4v) is 2.89. The van der Waals surface area contributed by atoms with Crippen molar-refractivity contribution in [3.63, 3.8) is 0 Å². The second kappa shape index (κ2) is 4.70. The van der Waals surface area contributed by atoms with Crippen molar-refractivity contribution in [2.75, 3.05) is 0 Å². The van der Waals surface area contributed by atoms with E-state index in [0.717, 1.165) is 15.4 Å². The molecule has 18 heavy (non-hydrogen) atoms. The van der Waals surface area contributed by atoms with Crippen LogP contribution < -0.4 is 4.72 Å². The molecule has 2 aromatic rings. The molecule has 0 spiro atoms. The molecule has 0 aromatic heterocycles. The van der Waals surface area contributed by atoms with E-state index in [0.29, 0.717) is 12.3 Å². The van der Waals surface area contributed by atoms with Crippen LogP contribution in [-0.2, 0) is 22.0 Å². The lowest BCUT2D eigenvalue weighted by Gasteiger charge is -2.04. The average molecular weight is 325 g/mol. The van der Waals surface area contributed by atoms with E-state index in [1.54, 1.807) is 0 Å². The molecule has 1 heterocycles. The topological polar surface area (TPSA) is 50.7 Å². The molecule has 2 aromatic carbocycles. The summed E-state index contributed by atoms with van der Waals surface area (Å²) in [7, 11) is 0. The maximum Gasteiger partial charge on any atom is 0.338 e. The van der Waals surface area contributed by atoms with Gasteiger partial charge in [0, 0.05) is 10.9 Å². The molecule has 0 saturated heterocycles. The van der Waals surface area contributed by atoms with Crippen LogP contribution in [0.1, 0.15) is 5.56 Å². The number of hydrogen-bond acceptors (Lipinski definition) is 3. The summed E-state index contributed by atoms with van der Waals surface area (Å²) in [6.07, 6.45) is 0.578. The summed E-state index contributed by atoms with van der Waals surface area (Å²) in [6, 6.07) is 12.2. The van der Waals surface area contributed by atoms with Crippen molar-refractivity contribution in [3.8, 4) is 0 Å². The molecule has 92 valence electrons. The van der Waals surface area contributed by atoms with Gasteiger partial charge in [-0.3, -0.25) is 9.01 Å². The normalized spacial score (nSPS) is 18.3. The van der Waals surface area contributed by atoms with Crippen molar-refractivity contribution in [2.45, 2.75) is 6.42 Å². The summed E-state index contributed by atoms with van der Waals surface area (Å²) >= 11 is 2.00. The van der Waals surface area contributed by atoms with Crippen molar-refractivity contribution in [2.24, 2.45) is 5.16 Å². The van der Waals surface area contributed by atoms with Gasteiger partial charge in [-0.25, -0.2) is 0 Å². The molecule has 1 unspecified atom stereocenters. The third-order valence-electron chi connectivity index (χ3n) is 2.68. The van der Waals surface area contributed by atoms with Gasteiger partial charge >= 0.3 is 11.3 Å². The molecule has 6 heteroatoms. The number of benzene rings is 2. The first-order chi connectivity index (χ1) is 8.72. The summed E-state index contributed by atoms with van der Waals surface area (Å²) in [4.78, 5) is 0. The number of nitrogens with zero attached hydrogens (tertiary/aromatic N) is 1. The Balaban J connectivity index is 1.92. The molecule has 0 radical (unpaired) electrons. The first-order valence-corrected chi connectivity index (χ1v) is 7.19. The van der Waals surface area contributed by atoms with E-state index in [4.69, 9.17) is 0 Å². The van der Waals surface area contributed by atoms with Gasteiger partial charge in [0.2, 0.25) is 0 Å². The van der Waals surface area contributed by atoms with E-state index >= 15 is 0 Å². The van der Waals surface area contributed by atoms with Crippen LogP contribution in [0.25, 0.3) is 10.8 Å². The summed E-state index contributed by atoms with van der Waals surface area (Å²) in [5, 5.41) is 6.03. The molecule has 1 aliphatic heterocycles. The zero-order valence-corrected chi connectivity index (χ0v) is 11.6. The highest BCUT2D eigenvalue weighted by Gasteiger charge is 2.14. The summed E-state index contributed by atoms with van der Waals surface area (Å²) in [5.41, 5.74) is 1.09. The molecule has 0 bridgehead atoms. The van der Waals surface area contributed by atoms with Crippen LogP contribution in [0.2, 0.25) is 0 Å². The third kappa shape index (κ3) is 2.26. The number of nitrogens with one attached hydrogen (secondary N) is 1. The zero-order valence-electron chi connectivity index (χ0n) is 9.22. The predicted molar refractivity (Wildman–Crippen MR) is 75.2 cm³/mol. The van der Waals surface area contributed by atoms with E-state index in [1.807, 2.05) is 18.2 Å². The summed E-state index contributed by atoms with van der Waals surface area (Å²) in [6.45, 7) is 0. The van der Waals surface area contributed by atoms with Crippen molar-refractivity contribution in [1.82, 2.24) is 4.72 Å². The Hall–Kier alpha value is -1.40. The Morgan fingerprint density at radius 2 is 2.22 bits per heavy atom. The summed E-state index contributed by atoms with van der Waals surface area (Å²) < 4.78 is 19.3. The van der Waals surface area contributed by atoms with Crippen molar-refractivity contribution in [3.05, 3.63) is 46.4 Å². The van der Waals surface area contributed by atoms with Crippen LogP contribution in [-0.4, -0.2) is 10.0 Å². The molecule has 1 aliphatic rings. The second-order valence-electron chi connectivity index (χ2n) is 3.92. The Morgan fingerprint density at radius 3 is 3.00 bits per heavy atom. The van der Waals surface area contributed by atoms with Crippen LogP contribution >= 0.6 is 15.9 Å². The lowest BCUT2D eigenvalue weighted by Crippen LogP contribution is -2.21. The van der Waals surface area contributed by atoms with Gasteiger partial charge in [-0.15, -0.1) is 0 Å². The number of fused-ring (bicyclic) bond motifs is 1. The van der Waals surface area contributed by atoms with Crippen LogP contribution in [0, 0.1) is 0 Å². The first-order valence-electron chi connectivity index (χ1n) is 5.32. The van der Waals surface area contributed by atoms with Crippen LogP contribution in [0.5, 0.6) is 0 Å². The number of halogens is 1. The zero-order chi connectivity index (χ0) is 12.5. The van der Waals surface area contributed by atoms with Crippen molar-refractivity contribution >= 4 is 43.8 Å². The van der Waals surface area contributed by atoms with Gasteiger partial charge in [-0.05, 0) is 22.4 Å². The van der Waals surface area contributed by atoms with E-state index < -0.39 is 11.3 Å². The molecule has 1 atom stereocenters. The molecule has 0 fully saturated rings. The third-order valence-corrected chi connectivity index (χ3v) is 3.98. The van der Waals surface area contributed by atoms with Gasteiger partial charge in [-0.1, -0.05) is 51.4 Å². The lowest BCUT2D eigenvalue weighted by molar-refractivity contribution is 0.384. The maximum atomic E-state index is 11.0. The predicted octanol–water partition coefficient (Wildman–Crippen LogP) is 2.66. The highest BCUT2D eigenvalue weighted by molar-refractivity contribution is 9.10. The van der Waals surface area contributed by atoms with Crippen molar-refractivity contribution < 1.29 is 8.49 Å². The van der Waals surface area contributed by atoms with Gasteiger partial charge in [0.25, 0.3) is 0 Å². The second-order valence-corrected chi connectivity index (χ2v) is 5.60. The molecule has 0 aliphatic carbocycles. The monoisotopic (exact) mass is 324 g/mol. The van der Waals surface area contributed by atoms with Crippen molar-refractivity contribution in [1.29, 1.82) is 0 Å². The van der Waals surface area contributed by atoms with Gasteiger partial charge < -0.3 is 0 Å². The van der Waals surface area contributed by atoms with Crippen LogP contribution in [0.4, 0.5) is 0 Å². The average Bonchev–Trinajstić information content (AvgIpc) is 2.75. The maximum absolute atomic E-state index is 11.0. The number of hydrogen-bond donors (Lipinski definition) is 1. The smallest absolute Gasteiger partial charge is 0.269 e. The largest absolute Gasteiger partial charge is 0.338 e. The number of rotatable bonds is 2. The Labute approximate surface area is 115 Å². The lowest BCUT2D eigenvalue weighted by atomic mass is 10.0. The number of amidine groups is 1. The quantitative estimate of drug-likeness (QED) is 0.923. The van der Waals surface area contributed by atoms with E-state index in [-0.39, 0.29) is 0 Å². The fraction of sp³-hybridized carbons (Fsp3) is 0.0833. The molecule has 0 saturated carbocycles. The minimum absolute atomic E-state index is 0.578. The van der Waals surface area contributed by atoms with Gasteiger partial charge in [0.15, 0.2) is 5.84 Å². The fourth-order valence-electron chi connectivity index (χ4n) is 1.88. The molecule has 0 amide bonds. The highest BCUT2D eigenvalue weighted by atomic mass is 79.9. The molecule has 4 nitrogen and oxygen atoms in total.